The first-order valence-corrected chi connectivity index (χ1v) is 8.91. The molecule has 1 atom stereocenters. The highest BCUT2D eigenvalue weighted by Gasteiger charge is 2.25. The van der Waals surface area contributed by atoms with E-state index in [0.717, 1.165) is 39.3 Å². The van der Waals surface area contributed by atoms with Gasteiger partial charge >= 0.3 is 5.97 Å². The van der Waals surface area contributed by atoms with Gasteiger partial charge in [0, 0.05) is 16.5 Å². The van der Waals surface area contributed by atoms with Crippen molar-refractivity contribution in [1.29, 1.82) is 0 Å². The van der Waals surface area contributed by atoms with Gasteiger partial charge in [0.2, 0.25) is 0 Å². The van der Waals surface area contributed by atoms with E-state index in [1.165, 1.54) is 11.3 Å². The summed E-state index contributed by atoms with van der Waals surface area (Å²) in [6.45, 7) is 0.787. The van der Waals surface area contributed by atoms with Crippen LogP contribution in [0.1, 0.15) is 18.5 Å². The minimum absolute atomic E-state index is 0.158. The van der Waals surface area contributed by atoms with E-state index < -0.39 is 6.10 Å². The Labute approximate surface area is 146 Å². The van der Waals surface area contributed by atoms with E-state index in [1.807, 2.05) is 23.6 Å². The summed E-state index contributed by atoms with van der Waals surface area (Å²) in [7, 11) is 1.63. The van der Waals surface area contributed by atoms with Crippen molar-refractivity contribution in [2.75, 3.05) is 13.7 Å². The van der Waals surface area contributed by atoms with Crippen LogP contribution in [-0.2, 0) is 20.9 Å². The molecule has 0 spiro atoms. The van der Waals surface area contributed by atoms with Gasteiger partial charge < -0.3 is 14.2 Å². The Bertz CT molecular complexity index is 697. The average molecular weight is 398 g/mol. The predicted octanol–water partition coefficient (Wildman–Crippen LogP) is 3.80. The summed E-state index contributed by atoms with van der Waals surface area (Å²) in [4.78, 5) is 16.4. The zero-order valence-corrected chi connectivity index (χ0v) is 15.0. The van der Waals surface area contributed by atoms with Crippen LogP contribution in [0.3, 0.4) is 0 Å². The van der Waals surface area contributed by atoms with E-state index in [1.54, 1.807) is 7.11 Å². The molecular formula is C16H16BrNO4S. The fourth-order valence-corrected chi connectivity index (χ4v) is 3.53. The molecule has 0 bridgehead atoms. The lowest BCUT2D eigenvalue weighted by Gasteiger charge is -2.08. The molecular weight excluding hydrogens is 382 g/mol. The second-order valence-corrected chi connectivity index (χ2v) is 6.87. The van der Waals surface area contributed by atoms with Crippen LogP contribution in [-0.4, -0.2) is 30.8 Å². The fraction of sp³-hybridized carbons (Fsp3) is 0.375. The summed E-state index contributed by atoms with van der Waals surface area (Å²) in [5, 5.41) is 2.71. The number of thiazole rings is 1. The van der Waals surface area contributed by atoms with E-state index in [4.69, 9.17) is 14.2 Å². The molecule has 1 aliphatic heterocycles. The van der Waals surface area contributed by atoms with Crippen LogP contribution in [0.4, 0.5) is 0 Å². The summed E-state index contributed by atoms with van der Waals surface area (Å²) in [5.41, 5.74) is 1.63. The Hall–Kier alpha value is -1.44. The van der Waals surface area contributed by atoms with Crippen molar-refractivity contribution in [2.45, 2.75) is 25.6 Å². The van der Waals surface area contributed by atoms with Crippen molar-refractivity contribution in [3.63, 3.8) is 0 Å². The number of rotatable bonds is 5. The van der Waals surface area contributed by atoms with Crippen LogP contribution in [0.2, 0.25) is 0 Å². The maximum absolute atomic E-state index is 11.8. The van der Waals surface area contributed by atoms with E-state index in [9.17, 15) is 4.79 Å². The number of esters is 1. The molecule has 0 saturated carbocycles. The lowest BCUT2D eigenvalue weighted by molar-refractivity contribution is -0.155. The van der Waals surface area contributed by atoms with Crippen molar-refractivity contribution in [1.82, 2.24) is 4.98 Å². The molecule has 0 aliphatic carbocycles. The highest BCUT2D eigenvalue weighted by Crippen LogP contribution is 2.34. The van der Waals surface area contributed by atoms with Gasteiger partial charge in [-0.05, 0) is 31.0 Å². The van der Waals surface area contributed by atoms with Crippen molar-refractivity contribution in [2.24, 2.45) is 0 Å². The molecule has 1 aliphatic rings. The van der Waals surface area contributed by atoms with Gasteiger partial charge in [-0.3, -0.25) is 0 Å². The smallest absolute Gasteiger partial charge is 0.335 e. The number of halogens is 1. The molecule has 0 amide bonds. The van der Waals surface area contributed by atoms with Gasteiger partial charge in [0.25, 0.3) is 0 Å². The number of aromatic nitrogens is 1. The Morgan fingerprint density at radius 2 is 2.39 bits per heavy atom. The van der Waals surface area contributed by atoms with E-state index in [-0.39, 0.29) is 12.6 Å². The van der Waals surface area contributed by atoms with Crippen LogP contribution in [0.25, 0.3) is 10.6 Å². The highest BCUT2D eigenvalue weighted by molar-refractivity contribution is 9.10. The molecule has 7 heteroatoms. The molecule has 1 fully saturated rings. The van der Waals surface area contributed by atoms with Crippen LogP contribution < -0.4 is 4.74 Å². The maximum atomic E-state index is 11.8. The quantitative estimate of drug-likeness (QED) is 0.718. The number of nitrogens with zero attached hydrogens (tertiary/aromatic N) is 1. The normalized spacial score (nSPS) is 17.2. The van der Waals surface area contributed by atoms with Crippen molar-refractivity contribution >= 4 is 33.2 Å². The zero-order chi connectivity index (χ0) is 16.2. The number of hydrogen-bond acceptors (Lipinski definition) is 6. The summed E-state index contributed by atoms with van der Waals surface area (Å²) < 4.78 is 16.9. The fourth-order valence-electron chi connectivity index (χ4n) is 2.35. The van der Waals surface area contributed by atoms with Gasteiger partial charge in [0.15, 0.2) is 6.10 Å². The molecule has 23 heavy (non-hydrogen) atoms. The molecule has 2 aromatic rings. The van der Waals surface area contributed by atoms with Crippen LogP contribution >= 0.6 is 27.3 Å². The first kappa shape index (κ1) is 16.4. The van der Waals surface area contributed by atoms with Gasteiger partial charge in [-0.25, -0.2) is 9.78 Å². The van der Waals surface area contributed by atoms with Crippen LogP contribution in [0.5, 0.6) is 5.75 Å². The second-order valence-electron chi connectivity index (χ2n) is 5.10. The summed E-state index contributed by atoms with van der Waals surface area (Å²) in [5.74, 6) is 0.447. The first-order valence-electron chi connectivity index (χ1n) is 7.24. The molecule has 1 saturated heterocycles. The van der Waals surface area contributed by atoms with Gasteiger partial charge in [0.1, 0.15) is 17.4 Å². The number of hydrogen-bond donors (Lipinski definition) is 0. The van der Waals surface area contributed by atoms with Crippen molar-refractivity contribution < 1.29 is 19.0 Å². The molecule has 3 rings (SSSR count). The highest BCUT2D eigenvalue weighted by atomic mass is 79.9. The average Bonchev–Trinajstić information content (AvgIpc) is 3.24. The van der Waals surface area contributed by atoms with Gasteiger partial charge in [0.05, 0.1) is 18.4 Å². The van der Waals surface area contributed by atoms with Crippen molar-refractivity contribution in [3.05, 3.63) is 33.7 Å². The summed E-state index contributed by atoms with van der Waals surface area (Å²) in [6.07, 6.45) is 1.22. The number of benzene rings is 1. The number of ether oxygens (including phenoxy) is 3. The molecule has 1 aromatic heterocycles. The topological polar surface area (TPSA) is 57.7 Å². The molecule has 122 valence electrons. The summed E-state index contributed by atoms with van der Waals surface area (Å²) >= 11 is 4.95. The molecule has 0 unspecified atom stereocenters. The largest absolute Gasteiger partial charge is 0.496 e. The monoisotopic (exact) mass is 397 g/mol. The zero-order valence-electron chi connectivity index (χ0n) is 12.6. The standard InChI is InChI=1S/C16H16BrNO4S/c1-20-13-5-4-10(17)7-12(13)15-18-11(9-23-15)8-22-16(19)14-3-2-6-21-14/h4-5,7,9,14H,2-3,6,8H2,1H3/t14-/m0/s1. The summed E-state index contributed by atoms with van der Waals surface area (Å²) in [6, 6.07) is 5.76. The third-order valence-corrected chi connectivity index (χ3v) is 4.92. The Kier molecular flexibility index (Phi) is 5.30. The van der Waals surface area contributed by atoms with Gasteiger partial charge in [-0.1, -0.05) is 15.9 Å². The SMILES string of the molecule is COc1ccc(Br)cc1-c1nc(COC(=O)[C@@H]2CCCO2)cs1. The van der Waals surface area contributed by atoms with E-state index in [2.05, 4.69) is 20.9 Å². The minimum Gasteiger partial charge on any atom is -0.496 e. The third-order valence-electron chi connectivity index (χ3n) is 3.50. The lowest BCUT2D eigenvalue weighted by Crippen LogP contribution is -2.22. The van der Waals surface area contributed by atoms with E-state index in [0.29, 0.717) is 6.61 Å². The molecule has 0 N–H and O–H groups in total. The second kappa shape index (κ2) is 7.42. The molecule has 5 nitrogen and oxygen atoms in total. The minimum atomic E-state index is -0.418. The van der Waals surface area contributed by atoms with Gasteiger partial charge in [-0.2, -0.15) is 0 Å². The predicted molar refractivity (Wildman–Crippen MR) is 90.6 cm³/mol. The van der Waals surface area contributed by atoms with Crippen LogP contribution in [0, 0.1) is 0 Å². The molecule has 1 aromatic carbocycles. The Balaban J connectivity index is 1.68. The lowest BCUT2D eigenvalue weighted by atomic mass is 10.2. The van der Waals surface area contributed by atoms with Gasteiger partial charge in [-0.15, -0.1) is 11.3 Å². The third kappa shape index (κ3) is 3.91. The van der Waals surface area contributed by atoms with E-state index >= 15 is 0 Å². The molecule has 0 radical (unpaired) electrons. The maximum Gasteiger partial charge on any atom is 0.335 e. The number of methoxy groups -OCH3 is 1. The number of carbonyl (C=O) groups excluding carboxylic acids is 1. The Morgan fingerprint density at radius 1 is 1.52 bits per heavy atom. The Morgan fingerprint density at radius 3 is 3.13 bits per heavy atom. The van der Waals surface area contributed by atoms with Crippen LogP contribution in [0.15, 0.2) is 28.1 Å². The van der Waals surface area contributed by atoms with Crippen molar-refractivity contribution in [3.8, 4) is 16.3 Å². The number of carbonyl (C=O) groups is 1. The molecule has 2 heterocycles. The first-order chi connectivity index (χ1) is 11.2.